The van der Waals surface area contributed by atoms with Crippen LogP contribution >= 0.6 is 0 Å². The normalized spacial score (nSPS) is 11.8. The number of benzene rings is 2. The minimum atomic E-state index is -0.226. The molecule has 1 heterocycles. The van der Waals surface area contributed by atoms with E-state index in [0.717, 1.165) is 28.4 Å². The van der Waals surface area contributed by atoms with Crippen LogP contribution in [0.2, 0.25) is 0 Å². The molecule has 0 aliphatic carbocycles. The molecule has 0 N–H and O–H groups in total. The first kappa shape index (κ1) is 13.5. The van der Waals surface area contributed by atoms with Crippen molar-refractivity contribution in [2.24, 2.45) is 0 Å². The summed E-state index contributed by atoms with van der Waals surface area (Å²) in [5.41, 5.74) is 1.94. The number of carbonyl (C=O) groups is 1. The highest BCUT2D eigenvalue weighted by atomic mass is 16.1. The lowest BCUT2D eigenvalue weighted by atomic mass is 9.90. The number of aldehydes is 1. The molecule has 3 rings (SSSR count). The highest BCUT2D eigenvalue weighted by Crippen LogP contribution is 2.29. The van der Waals surface area contributed by atoms with Crippen molar-refractivity contribution >= 4 is 17.1 Å². The zero-order chi connectivity index (χ0) is 15.0. The van der Waals surface area contributed by atoms with Crippen LogP contribution in [0.1, 0.15) is 37.0 Å². The molecule has 4 heteroatoms. The van der Waals surface area contributed by atoms with Crippen molar-refractivity contribution < 1.29 is 4.79 Å². The van der Waals surface area contributed by atoms with E-state index >= 15 is 0 Å². The van der Waals surface area contributed by atoms with Crippen molar-refractivity contribution in [2.45, 2.75) is 26.2 Å². The first-order valence-electron chi connectivity index (χ1n) is 6.92. The lowest BCUT2D eigenvalue weighted by Gasteiger charge is -2.20. The molecular weight excluding hydrogens is 262 g/mol. The van der Waals surface area contributed by atoms with Crippen LogP contribution in [-0.2, 0) is 5.41 Å². The molecule has 2 aromatic carbocycles. The fourth-order valence-corrected chi connectivity index (χ4v) is 2.64. The lowest BCUT2D eigenvalue weighted by Crippen LogP contribution is -2.19. The van der Waals surface area contributed by atoms with Crippen LogP contribution in [0.3, 0.4) is 0 Å². The lowest BCUT2D eigenvalue weighted by molar-refractivity contribution is 0.111. The maximum Gasteiger partial charge on any atom is 0.172 e. The number of hydrogen-bond acceptors (Lipinski definition) is 3. The summed E-state index contributed by atoms with van der Waals surface area (Å²) in [5, 5.41) is 10.5. The van der Waals surface area contributed by atoms with Gasteiger partial charge in [-0.25, -0.2) is 4.68 Å². The molecule has 0 saturated carbocycles. The van der Waals surface area contributed by atoms with E-state index in [9.17, 15) is 4.79 Å². The molecule has 0 aliphatic heterocycles. The fourth-order valence-electron chi connectivity index (χ4n) is 2.64. The average Bonchev–Trinajstić information content (AvgIpc) is 2.90. The van der Waals surface area contributed by atoms with Crippen molar-refractivity contribution in [2.75, 3.05) is 0 Å². The molecule has 0 radical (unpaired) electrons. The second-order valence-corrected chi connectivity index (χ2v) is 6.10. The van der Waals surface area contributed by atoms with Gasteiger partial charge >= 0.3 is 0 Å². The third-order valence-electron chi connectivity index (χ3n) is 3.51. The number of aromatic nitrogens is 3. The Kier molecular flexibility index (Phi) is 3.09. The molecule has 0 amide bonds. The van der Waals surface area contributed by atoms with Gasteiger partial charge in [0.2, 0.25) is 0 Å². The Labute approximate surface area is 123 Å². The van der Waals surface area contributed by atoms with Crippen molar-refractivity contribution in [1.29, 1.82) is 0 Å². The Morgan fingerprint density at radius 3 is 2.48 bits per heavy atom. The number of nitrogens with zero attached hydrogens (tertiary/aromatic N) is 3. The van der Waals surface area contributed by atoms with E-state index in [0.29, 0.717) is 5.69 Å². The molecule has 3 aromatic rings. The van der Waals surface area contributed by atoms with E-state index in [-0.39, 0.29) is 5.41 Å². The third-order valence-corrected chi connectivity index (χ3v) is 3.51. The smallest absolute Gasteiger partial charge is 0.172 e. The van der Waals surface area contributed by atoms with E-state index in [1.807, 2.05) is 24.3 Å². The summed E-state index contributed by atoms with van der Waals surface area (Å²) in [6.07, 6.45) is 0.773. The topological polar surface area (TPSA) is 47.8 Å². The van der Waals surface area contributed by atoms with Gasteiger partial charge in [0.1, 0.15) is 5.69 Å². The van der Waals surface area contributed by atoms with Gasteiger partial charge in [-0.1, -0.05) is 62.4 Å². The van der Waals surface area contributed by atoms with Crippen LogP contribution in [0, 0.1) is 0 Å². The van der Waals surface area contributed by atoms with Crippen molar-refractivity contribution in [3.05, 3.63) is 53.9 Å². The molecule has 1 aromatic heterocycles. The summed E-state index contributed by atoms with van der Waals surface area (Å²) >= 11 is 0. The Morgan fingerprint density at radius 2 is 1.76 bits per heavy atom. The SMILES string of the molecule is CC(C)(C)c1c(C=O)nnn1-c1cccc2ccccc12. The van der Waals surface area contributed by atoms with Gasteiger partial charge in [0.25, 0.3) is 0 Å². The summed E-state index contributed by atoms with van der Waals surface area (Å²) < 4.78 is 1.78. The third kappa shape index (κ3) is 2.23. The molecule has 0 unspecified atom stereocenters. The first-order valence-corrected chi connectivity index (χ1v) is 6.92. The van der Waals surface area contributed by atoms with E-state index < -0.39 is 0 Å². The average molecular weight is 279 g/mol. The van der Waals surface area contributed by atoms with E-state index in [4.69, 9.17) is 0 Å². The van der Waals surface area contributed by atoms with Gasteiger partial charge in [0.15, 0.2) is 6.29 Å². The Balaban J connectivity index is 2.34. The maximum absolute atomic E-state index is 11.3. The summed E-state index contributed by atoms with van der Waals surface area (Å²) in [7, 11) is 0. The van der Waals surface area contributed by atoms with Crippen molar-refractivity contribution in [1.82, 2.24) is 15.0 Å². The largest absolute Gasteiger partial charge is 0.296 e. The monoisotopic (exact) mass is 279 g/mol. The molecule has 0 aliphatic rings. The zero-order valence-electron chi connectivity index (χ0n) is 12.4. The van der Waals surface area contributed by atoms with Crippen LogP contribution < -0.4 is 0 Å². The Morgan fingerprint density at radius 1 is 1.05 bits per heavy atom. The zero-order valence-corrected chi connectivity index (χ0v) is 12.4. The minimum absolute atomic E-state index is 0.226. The maximum atomic E-state index is 11.3. The van der Waals surface area contributed by atoms with Crippen molar-refractivity contribution in [3.63, 3.8) is 0 Å². The Bertz CT molecular complexity index is 807. The first-order chi connectivity index (χ1) is 10.0. The van der Waals surface area contributed by atoms with E-state index in [1.54, 1.807) is 4.68 Å². The van der Waals surface area contributed by atoms with E-state index in [2.05, 4.69) is 49.3 Å². The molecule has 21 heavy (non-hydrogen) atoms. The summed E-state index contributed by atoms with van der Waals surface area (Å²) in [4.78, 5) is 11.3. The van der Waals surface area contributed by atoms with Gasteiger partial charge in [-0.05, 0) is 11.5 Å². The standard InChI is InChI=1S/C17H17N3O/c1-17(2,3)16-14(11-21)18-19-20(16)15-10-6-8-12-7-4-5-9-13(12)15/h4-11H,1-3H3. The van der Waals surface area contributed by atoms with Gasteiger partial charge in [-0.15, -0.1) is 5.10 Å². The second-order valence-electron chi connectivity index (χ2n) is 6.10. The fraction of sp³-hybridized carbons (Fsp3) is 0.235. The number of fused-ring (bicyclic) bond motifs is 1. The molecule has 0 bridgehead atoms. The van der Waals surface area contributed by atoms with Crippen LogP contribution in [0.25, 0.3) is 16.5 Å². The van der Waals surface area contributed by atoms with Crippen LogP contribution in [-0.4, -0.2) is 21.3 Å². The second kappa shape index (κ2) is 4.81. The van der Waals surface area contributed by atoms with Gasteiger partial charge in [-0.2, -0.15) is 0 Å². The quantitative estimate of drug-likeness (QED) is 0.674. The van der Waals surface area contributed by atoms with Gasteiger partial charge in [-0.3, -0.25) is 4.79 Å². The number of rotatable bonds is 2. The number of carbonyl (C=O) groups excluding carboxylic acids is 1. The van der Waals surface area contributed by atoms with Crippen LogP contribution in [0.4, 0.5) is 0 Å². The predicted octanol–water partition coefficient (Wildman–Crippen LogP) is 3.53. The predicted molar refractivity (Wildman–Crippen MR) is 83.0 cm³/mol. The van der Waals surface area contributed by atoms with Gasteiger partial charge in [0.05, 0.1) is 11.4 Å². The molecule has 0 atom stereocenters. The van der Waals surface area contributed by atoms with E-state index in [1.165, 1.54) is 0 Å². The molecule has 0 saturated heterocycles. The molecular formula is C17H17N3O. The molecule has 106 valence electrons. The van der Waals surface area contributed by atoms with Gasteiger partial charge in [0, 0.05) is 10.8 Å². The highest BCUT2D eigenvalue weighted by molar-refractivity contribution is 5.90. The van der Waals surface area contributed by atoms with Crippen LogP contribution in [0.15, 0.2) is 42.5 Å². The Hall–Kier alpha value is -2.49. The highest BCUT2D eigenvalue weighted by Gasteiger charge is 2.26. The summed E-state index contributed by atoms with van der Waals surface area (Å²) in [6, 6.07) is 14.2. The van der Waals surface area contributed by atoms with Gasteiger partial charge < -0.3 is 0 Å². The molecule has 4 nitrogen and oxygen atoms in total. The summed E-state index contributed by atoms with van der Waals surface area (Å²) in [5.74, 6) is 0. The molecule has 0 fully saturated rings. The number of hydrogen-bond donors (Lipinski definition) is 0. The minimum Gasteiger partial charge on any atom is -0.296 e. The van der Waals surface area contributed by atoms with Crippen LogP contribution in [0.5, 0.6) is 0 Å². The molecule has 0 spiro atoms. The van der Waals surface area contributed by atoms with Crippen molar-refractivity contribution in [3.8, 4) is 5.69 Å². The summed E-state index contributed by atoms with van der Waals surface area (Å²) in [6.45, 7) is 6.17.